The van der Waals surface area contributed by atoms with Gasteiger partial charge in [0, 0.05) is 16.6 Å². The van der Waals surface area contributed by atoms with Crippen LogP contribution in [0.3, 0.4) is 0 Å². The Morgan fingerprint density at radius 2 is 2.22 bits per heavy atom. The number of thiophene rings is 1. The summed E-state index contributed by atoms with van der Waals surface area (Å²) in [5.74, 6) is 2.50. The normalized spacial score (nSPS) is 17.0. The molecule has 0 bridgehead atoms. The first-order chi connectivity index (χ1) is 11.2. The number of ether oxygens (including phenoxy) is 1. The predicted octanol–water partition coefficient (Wildman–Crippen LogP) is 4.57. The highest BCUT2D eigenvalue weighted by molar-refractivity contribution is 7.19. The van der Waals surface area contributed by atoms with Gasteiger partial charge in [0.25, 0.3) is 0 Å². The van der Waals surface area contributed by atoms with Crippen molar-refractivity contribution in [3.63, 3.8) is 0 Å². The van der Waals surface area contributed by atoms with Crippen molar-refractivity contribution < 1.29 is 4.74 Å². The van der Waals surface area contributed by atoms with Gasteiger partial charge in [0.1, 0.15) is 22.7 Å². The van der Waals surface area contributed by atoms with Crippen LogP contribution in [0.15, 0.2) is 30.6 Å². The predicted molar refractivity (Wildman–Crippen MR) is 94.9 cm³/mol. The molecule has 0 amide bonds. The molecule has 0 radical (unpaired) electrons. The molecule has 23 heavy (non-hydrogen) atoms. The molecule has 1 unspecified atom stereocenters. The van der Waals surface area contributed by atoms with Crippen LogP contribution in [0.5, 0.6) is 5.75 Å². The van der Waals surface area contributed by atoms with Crippen molar-refractivity contribution in [3.8, 4) is 5.75 Å². The summed E-state index contributed by atoms with van der Waals surface area (Å²) in [6, 6.07) is 7.92. The fourth-order valence-corrected chi connectivity index (χ4v) is 4.56. The van der Waals surface area contributed by atoms with Crippen LogP contribution in [0.4, 0.5) is 11.5 Å². The lowest BCUT2D eigenvalue weighted by Crippen LogP contribution is -2.09. The molecule has 0 spiro atoms. The van der Waals surface area contributed by atoms with Crippen molar-refractivity contribution >= 4 is 33.1 Å². The van der Waals surface area contributed by atoms with Gasteiger partial charge in [-0.25, -0.2) is 9.97 Å². The maximum Gasteiger partial charge on any atom is 0.142 e. The van der Waals surface area contributed by atoms with Crippen molar-refractivity contribution in [2.75, 3.05) is 12.4 Å². The Labute approximate surface area is 139 Å². The zero-order chi connectivity index (χ0) is 15.8. The lowest BCUT2D eigenvalue weighted by molar-refractivity contribution is 0.415. The van der Waals surface area contributed by atoms with Crippen molar-refractivity contribution in [2.24, 2.45) is 5.92 Å². The second kappa shape index (κ2) is 5.81. The van der Waals surface area contributed by atoms with Crippen LogP contribution in [-0.4, -0.2) is 17.1 Å². The first-order valence-electron chi connectivity index (χ1n) is 7.91. The number of anilines is 2. The number of nitrogens with one attached hydrogen (secondary N) is 1. The van der Waals surface area contributed by atoms with Gasteiger partial charge in [-0.3, -0.25) is 0 Å². The summed E-state index contributed by atoms with van der Waals surface area (Å²) >= 11 is 1.82. The number of hydrogen-bond donors (Lipinski definition) is 1. The molecule has 1 N–H and O–H groups in total. The number of fused-ring (bicyclic) bond motifs is 3. The third-order valence-electron chi connectivity index (χ3n) is 4.42. The number of aryl methyl sites for hydroxylation is 1. The van der Waals surface area contributed by atoms with E-state index in [1.807, 2.05) is 35.6 Å². The molecule has 1 atom stereocenters. The fraction of sp³-hybridized carbons (Fsp3) is 0.333. The molecule has 4 rings (SSSR count). The molecular formula is C18H19N3OS. The first-order valence-corrected chi connectivity index (χ1v) is 8.72. The Balaban J connectivity index is 1.78. The molecule has 4 nitrogen and oxygen atoms in total. The zero-order valence-electron chi connectivity index (χ0n) is 13.3. The molecule has 3 aromatic rings. The number of methoxy groups -OCH3 is 1. The highest BCUT2D eigenvalue weighted by Crippen LogP contribution is 2.40. The molecule has 1 aliphatic carbocycles. The highest BCUT2D eigenvalue weighted by Gasteiger charge is 2.23. The Morgan fingerprint density at radius 3 is 3.09 bits per heavy atom. The van der Waals surface area contributed by atoms with E-state index < -0.39 is 0 Å². The average molecular weight is 325 g/mol. The van der Waals surface area contributed by atoms with Gasteiger partial charge < -0.3 is 10.1 Å². The van der Waals surface area contributed by atoms with E-state index in [0.717, 1.165) is 40.8 Å². The summed E-state index contributed by atoms with van der Waals surface area (Å²) in [6.07, 6.45) is 5.17. The molecule has 1 aromatic carbocycles. The molecule has 1 aliphatic rings. The maximum atomic E-state index is 5.30. The monoisotopic (exact) mass is 325 g/mol. The van der Waals surface area contributed by atoms with Gasteiger partial charge in [0.2, 0.25) is 0 Å². The second-order valence-corrected chi connectivity index (χ2v) is 7.19. The van der Waals surface area contributed by atoms with Crippen LogP contribution in [0.25, 0.3) is 10.2 Å². The van der Waals surface area contributed by atoms with Gasteiger partial charge in [-0.15, -0.1) is 11.3 Å². The van der Waals surface area contributed by atoms with E-state index in [4.69, 9.17) is 4.74 Å². The molecule has 2 aromatic heterocycles. The van der Waals surface area contributed by atoms with E-state index in [9.17, 15) is 0 Å². The minimum atomic E-state index is 0.762. The third-order valence-corrected chi connectivity index (χ3v) is 5.59. The summed E-state index contributed by atoms with van der Waals surface area (Å²) in [6.45, 7) is 2.33. The topological polar surface area (TPSA) is 47.0 Å². The number of aromatic nitrogens is 2. The summed E-state index contributed by atoms with van der Waals surface area (Å²) in [5.41, 5.74) is 2.42. The summed E-state index contributed by atoms with van der Waals surface area (Å²) in [4.78, 5) is 11.6. The third kappa shape index (κ3) is 2.65. The number of rotatable bonds is 3. The van der Waals surface area contributed by atoms with Crippen LogP contribution >= 0.6 is 11.3 Å². The smallest absolute Gasteiger partial charge is 0.142 e. The van der Waals surface area contributed by atoms with E-state index >= 15 is 0 Å². The standard InChI is InChI=1S/C18H19N3OS/c1-11-6-7-14-15(8-11)23-18-16(14)17(19-10-20-18)21-12-4-3-5-13(9-12)22-2/h3-5,9-11H,6-8H2,1-2H3,(H,19,20,21). The average Bonchev–Trinajstić information content (AvgIpc) is 2.93. The molecule has 0 saturated heterocycles. The van der Waals surface area contributed by atoms with E-state index in [1.165, 1.54) is 22.2 Å². The van der Waals surface area contributed by atoms with Crippen LogP contribution in [0, 0.1) is 5.92 Å². The number of nitrogens with zero attached hydrogens (tertiary/aromatic N) is 2. The molecular weight excluding hydrogens is 306 g/mol. The molecule has 5 heteroatoms. The summed E-state index contributed by atoms with van der Waals surface area (Å²) in [7, 11) is 1.68. The largest absolute Gasteiger partial charge is 0.497 e. The Bertz CT molecular complexity index is 859. The van der Waals surface area contributed by atoms with Crippen LogP contribution < -0.4 is 10.1 Å². The summed E-state index contributed by atoms with van der Waals surface area (Å²) in [5, 5.41) is 4.64. The van der Waals surface area contributed by atoms with Gasteiger partial charge in [-0.05, 0) is 42.9 Å². The van der Waals surface area contributed by atoms with Gasteiger partial charge in [0.05, 0.1) is 12.5 Å². The molecule has 0 aliphatic heterocycles. The highest BCUT2D eigenvalue weighted by atomic mass is 32.1. The lowest BCUT2D eigenvalue weighted by Gasteiger charge is -2.18. The maximum absolute atomic E-state index is 5.30. The van der Waals surface area contributed by atoms with Gasteiger partial charge >= 0.3 is 0 Å². The Morgan fingerprint density at radius 1 is 1.30 bits per heavy atom. The van der Waals surface area contributed by atoms with Crippen molar-refractivity contribution in [2.45, 2.75) is 26.2 Å². The molecule has 2 heterocycles. The molecule has 118 valence electrons. The van der Waals surface area contributed by atoms with Crippen molar-refractivity contribution in [3.05, 3.63) is 41.0 Å². The second-order valence-electron chi connectivity index (χ2n) is 6.11. The molecule has 0 fully saturated rings. The van der Waals surface area contributed by atoms with E-state index in [0.29, 0.717) is 0 Å². The van der Waals surface area contributed by atoms with E-state index in [2.05, 4.69) is 22.2 Å². The number of hydrogen-bond acceptors (Lipinski definition) is 5. The van der Waals surface area contributed by atoms with Crippen molar-refractivity contribution in [1.29, 1.82) is 0 Å². The SMILES string of the molecule is COc1cccc(Nc2ncnc3sc4c(c23)CCC(C)C4)c1. The van der Waals surface area contributed by atoms with E-state index in [1.54, 1.807) is 13.4 Å². The lowest BCUT2D eigenvalue weighted by atomic mass is 9.89. The minimum Gasteiger partial charge on any atom is -0.497 e. The molecule has 0 saturated carbocycles. The minimum absolute atomic E-state index is 0.762. The first kappa shape index (κ1) is 14.5. The van der Waals surface area contributed by atoms with Crippen LogP contribution in [-0.2, 0) is 12.8 Å². The summed E-state index contributed by atoms with van der Waals surface area (Å²) < 4.78 is 5.30. The van der Waals surface area contributed by atoms with Gasteiger partial charge in [-0.1, -0.05) is 13.0 Å². The van der Waals surface area contributed by atoms with Gasteiger partial charge in [0.15, 0.2) is 0 Å². The van der Waals surface area contributed by atoms with Crippen LogP contribution in [0.2, 0.25) is 0 Å². The van der Waals surface area contributed by atoms with Crippen LogP contribution in [0.1, 0.15) is 23.8 Å². The fourth-order valence-electron chi connectivity index (χ4n) is 3.21. The quantitative estimate of drug-likeness (QED) is 0.766. The van der Waals surface area contributed by atoms with Gasteiger partial charge in [-0.2, -0.15) is 0 Å². The van der Waals surface area contributed by atoms with Crippen molar-refractivity contribution in [1.82, 2.24) is 9.97 Å². The number of benzene rings is 1. The zero-order valence-corrected chi connectivity index (χ0v) is 14.1. The Kier molecular flexibility index (Phi) is 3.65. The van der Waals surface area contributed by atoms with E-state index in [-0.39, 0.29) is 0 Å². The Hall–Kier alpha value is -2.14.